The van der Waals surface area contributed by atoms with Crippen LogP contribution in [0.2, 0.25) is 0 Å². The van der Waals surface area contributed by atoms with Gasteiger partial charge in [0, 0.05) is 35.6 Å². The van der Waals surface area contributed by atoms with Gasteiger partial charge in [-0.15, -0.1) is 0 Å². The number of carbonyl (C=O) groups excluding carboxylic acids is 4. The van der Waals surface area contributed by atoms with Gasteiger partial charge in [-0.1, -0.05) is 36.0 Å². The number of esters is 2. The summed E-state index contributed by atoms with van der Waals surface area (Å²) in [5.41, 5.74) is 1.58. The van der Waals surface area contributed by atoms with Crippen LogP contribution in [0.4, 0.5) is 0 Å². The number of ether oxygens (including phenoxy) is 2. The van der Waals surface area contributed by atoms with Crippen LogP contribution < -0.4 is 5.32 Å². The number of hydrogen-bond acceptors (Lipinski definition) is 7. The van der Waals surface area contributed by atoms with Crippen molar-refractivity contribution >= 4 is 35.5 Å². The summed E-state index contributed by atoms with van der Waals surface area (Å²) in [6.07, 6.45) is 2.51. The maximum atomic E-state index is 13.0. The van der Waals surface area contributed by atoms with Crippen LogP contribution in [-0.4, -0.2) is 34.7 Å². The fraction of sp³-hybridized carbons (Fsp3) is 0.238. The molecule has 8 nitrogen and oxygen atoms in total. The lowest BCUT2D eigenvalue weighted by molar-refractivity contribution is -0.166. The summed E-state index contributed by atoms with van der Waals surface area (Å²) in [6.45, 7) is 3.16. The molecule has 1 aromatic rings. The van der Waals surface area contributed by atoms with Gasteiger partial charge in [0.05, 0.1) is 11.6 Å². The van der Waals surface area contributed by atoms with Gasteiger partial charge in [-0.25, -0.2) is 9.59 Å². The Morgan fingerprint density at radius 2 is 2.07 bits per heavy atom. The third kappa shape index (κ3) is 3.30. The molecule has 1 aromatic carbocycles. The molecule has 0 spiro atoms. The molecule has 3 heterocycles. The summed E-state index contributed by atoms with van der Waals surface area (Å²) in [4.78, 5) is 50.5. The second-order valence-electron chi connectivity index (χ2n) is 6.76. The molecule has 3 aliphatic rings. The van der Waals surface area contributed by atoms with E-state index >= 15 is 0 Å². The predicted molar refractivity (Wildman–Crippen MR) is 107 cm³/mol. The number of amides is 2. The second-order valence-corrected chi connectivity index (χ2v) is 7.76. The number of rotatable bonds is 5. The van der Waals surface area contributed by atoms with Crippen molar-refractivity contribution in [2.45, 2.75) is 32.6 Å². The fourth-order valence-corrected chi connectivity index (χ4v) is 4.46. The molecular weight excluding hydrogens is 408 g/mol. The Morgan fingerprint density at radius 3 is 2.80 bits per heavy atom. The van der Waals surface area contributed by atoms with Crippen molar-refractivity contribution in [3.63, 3.8) is 0 Å². The number of nitrogens with one attached hydrogen (secondary N) is 1. The fourth-order valence-electron chi connectivity index (χ4n) is 3.61. The first-order valence-corrected chi connectivity index (χ1v) is 10.1. The van der Waals surface area contributed by atoms with Crippen molar-refractivity contribution in [2.75, 3.05) is 0 Å². The Kier molecular flexibility index (Phi) is 5.21. The van der Waals surface area contributed by atoms with E-state index in [1.54, 1.807) is 42.7 Å². The SMILES string of the molecule is CC=C1C(=O)N2C(C(=O)OC3OC(=O)c4ccccc43)=C(SC=CNC(C)=O)C[C@H]12. The maximum Gasteiger partial charge on any atom is 0.359 e. The predicted octanol–water partition coefficient (Wildman–Crippen LogP) is 2.51. The Bertz CT molecular complexity index is 1060. The molecule has 9 heteroatoms. The molecule has 2 amide bonds. The van der Waals surface area contributed by atoms with Crippen molar-refractivity contribution in [2.24, 2.45) is 0 Å². The minimum absolute atomic E-state index is 0.133. The first-order chi connectivity index (χ1) is 14.4. The quantitative estimate of drug-likeness (QED) is 0.438. The normalized spacial score (nSPS) is 23.4. The summed E-state index contributed by atoms with van der Waals surface area (Å²) in [5.74, 6) is -1.78. The number of thioether (sulfide) groups is 1. The monoisotopic (exact) mass is 426 g/mol. The van der Waals surface area contributed by atoms with Crippen molar-refractivity contribution < 1.29 is 28.7 Å². The zero-order valence-corrected chi connectivity index (χ0v) is 17.0. The smallest absolute Gasteiger partial charge is 0.359 e. The van der Waals surface area contributed by atoms with Gasteiger partial charge in [-0.3, -0.25) is 14.5 Å². The zero-order valence-electron chi connectivity index (χ0n) is 16.2. The Morgan fingerprint density at radius 1 is 1.30 bits per heavy atom. The van der Waals surface area contributed by atoms with E-state index in [0.717, 1.165) is 0 Å². The molecule has 2 atom stereocenters. The molecule has 0 aliphatic carbocycles. The number of β-lactam (4-membered cyclic amide) rings is 1. The molecule has 1 N–H and O–H groups in total. The van der Waals surface area contributed by atoms with Gasteiger partial charge in [0.15, 0.2) is 0 Å². The second kappa shape index (κ2) is 7.83. The Labute approximate surface area is 176 Å². The number of hydrogen-bond donors (Lipinski definition) is 1. The molecule has 0 radical (unpaired) electrons. The molecule has 4 rings (SSSR count). The van der Waals surface area contributed by atoms with Crippen LogP contribution >= 0.6 is 11.8 Å². The average molecular weight is 426 g/mol. The van der Waals surface area contributed by atoms with E-state index in [9.17, 15) is 19.2 Å². The van der Waals surface area contributed by atoms with Crippen LogP contribution in [-0.2, 0) is 23.9 Å². The molecule has 154 valence electrons. The maximum absolute atomic E-state index is 13.0. The number of carbonyl (C=O) groups is 4. The van der Waals surface area contributed by atoms with Crippen LogP contribution in [0.1, 0.15) is 42.5 Å². The van der Waals surface area contributed by atoms with E-state index in [0.29, 0.717) is 28.0 Å². The van der Waals surface area contributed by atoms with Crippen molar-refractivity contribution in [1.29, 1.82) is 0 Å². The number of nitrogens with zero attached hydrogens (tertiary/aromatic N) is 1. The standard InChI is InChI=1S/C21H18N2O6S/c1-3-12-15-10-16(30-9-8-22-11(2)24)17(23(15)18(12)25)20(27)29-21-14-7-5-4-6-13(14)19(26)28-21/h3-9,15,21H,10H2,1-2H3,(H,22,24)/t15-,21?/m1/s1. The first kappa shape index (κ1) is 20.0. The lowest BCUT2D eigenvalue weighted by Gasteiger charge is -2.38. The van der Waals surface area contributed by atoms with Crippen LogP contribution in [0.25, 0.3) is 0 Å². The third-order valence-corrected chi connectivity index (χ3v) is 5.87. The van der Waals surface area contributed by atoms with Crippen molar-refractivity contribution in [3.8, 4) is 0 Å². The highest BCUT2D eigenvalue weighted by atomic mass is 32.2. The molecular formula is C21H18N2O6S. The molecule has 30 heavy (non-hydrogen) atoms. The molecule has 1 fully saturated rings. The van der Waals surface area contributed by atoms with Crippen molar-refractivity contribution in [3.05, 3.63) is 69.3 Å². The van der Waals surface area contributed by atoms with Gasteiger partial charge in [0.2, 0.25) is 5.91 Å². The molecule has 0 bridgehead atoms. The van der Waals surface area contributed by atoms with E-state index in [1.807, 2.05) is 0 Å². The van der Waals surface area contributed by atoms with E-state index in [1.165, 1.54) is 29.8 Å². The summed E-state index contributed by atoms with van der Waals surface area (Å²) in [5, 5.41) is 4.15. The van der Waals surface area contributed by atoms with Gasteiger partial charge in [0.25, 0.3) is 12.2 Å². The van der Waals surface area contributed by atoms with Gasteiger partial charge >= 0.3 is 11.9 Å². The highest BCUT2D eigenvalue weighted by molar-refractivity contribution is 8.05. The minimum atomic E-state index is -1.16. The summed E-state index contributed by atoms with van der Waals surface area (Å²) < 4.78 is 10.7. The van der Waals surface area contributed by atoms with E-state index in [4.69, 9.17) is 9.47 Å². The van der Waals surface area contributed by atoms with Gasteiger partial charge in [0.1, 0.15) is 5.70 Å². The highest BCUT2D eigenvalue weighted by Gasteiger charge is 2.52. The highest BCUT2D eigenvalue weighted by Crippen LogP contribution is 2.47. The van der Waals surface area contributed by atoms with E-state index in [2.05, 4.69) is 5.32 Å². The van der Waals surface area contributed by atoms with Crippen LogP contribution in [0.5, 0.6) is 0 Å². The molecule has 0 saturated carbocycles. The molecule has 3 aliphatic heterocycles. The summed E-state index contributed by atoms with van der Waals surface area (Å²) >= 11 is 1.22. The van der Waals surface area contributed by atoms with E-state index < -0.39 is 18.2 Å². The van der Waals surface area contributed by atoms with Crippen LogP contribution in [0.15, 0.2) is 58.1 Å². The zero-order chi connectivity index (χ0) is 21.4. The average Bonchev–Trinajstić information content (AvgIpc) is 3.21. The molecule has 0 aromatic heterocycles. The van der Waals surface area contributed by atoms with E-state index in [-0.39, 0.29) is 23.6 Å². The lowest BCUT2D eigenvalue weighted by Crippen LogP contribution is -2.52. The topological polar surface area (TPSA) is 102 Å². The molecule has 1 unspecified atom stereocenters. The summed E-state index contributed by atoms with van der Waals surface area (Å²) in [7, 11) is 0. The van der Waals surface area contributed by atoms with Gasteiger partial charge in [-0.05, 0) is 18.4 Å². The Balaban J connectivity index is 1.58. The number of benzene rings is 1. The van der Waals surface area contributed by atoms with Crippen LogP contribution in [0.3, 0.4) is 0 Å². The number of allylic oxidation sites excluding steroid dienone is 1. The third-order valence-electron chi connectivity index (χ3n) is 4.95. The number of fused-ring (bicyclic) bond motifs is 2. The Hall–Kier alpha value is -3.33. The van der Waals surface area contributed by atoms with Crippen LogP contribution in [0, 0.1) is 0 Å². The van der Waals surface area contributed by atoms with Crippen molar-refractivity contribution in [1.82, 2.24) is 10.2 Å². The van der Waals surface area contributed by atoms with Gasteiger partial charge in [-0.2, -0.15) is 0 Å². The van der Waals surface area contributed by atoms with Gasteiger partial charge < -0.3 is 14.8 Å². The first-order valence-electron chi connectivity index (χ1n) is 9.25. The number of cyclic esters (lactones) is 1. The molecule has 1 saturated heterocycles. The minimum Gasteiger partial charge on any atom is -0.417 e. The summed E-state index contributed by atoms with van der Waals surface area (Å²) in [6, 6.07) is 6.45. The lowest BCUT2D eigenvalue weighted by atomic mass is 9.94. The largest absolute Gasteiger partial charge is 0.417 e.